The Morgan fingerprint density at radius 1 is 0.645 bits per heavy atom. The molecule has 0 unspecified atom stereocenters. The Hall–Kier alpha value is -3.39. The topological polar surface area (TPSA) is 25.8 Å². The second-order valence-corrected chi connectivity index (χ2v) is 7.43. The number of aromatic nitrogens is 2. The molecule has 2 aromatic heterocycles. The number of hydrogen-bond donors (Lipinski definition) is 0. The Bertz CT molecular complexity index is 1500. The summed E-state index contributed by atoms with van der Waals surface area (Å²) in [6, 6.07) is 36.8. The van der Waals surface area contributed by atoms with Crippen molar-refractivity contribution >= 4 is 32.6 Å². The van der Waals surface area contributed by atoms with Crippen LogP contribution in [-0.2, 0) is 20.1 Å². The molecule has 6 aromatic rings. The van der Waals surface area contributed by atoms with Crippen molar-refractivity contribution in [2.24, 2.45) is 0 Å². The number of benzene rings is 4. The molecule has 0 aliphatic carbocycles. The number of pyridine rings is 2. The van der Waals surface area contributed by atoms with Crippen molar-refractivity contribution in [2.45, 2.75) is 0 Å². The first-order valence-corrected chi connectivity index (χ1v) is 10.0. The first-order valence-electron chi connectivity index (χ1n) is 10.0. The summed E-state index contributed by atoms with van der Waals surface area (Å²) < 4.78 is 0. The summed E-state index contributed by atoms with van der Waals surface area (Å²) in [5.41, 5.74) is 6.27. The van der Waals surface area contributed by atoms with Crippen LogP contribution in [0.2, 0.25) is 0 Å². The van der Waals surface area contributed by atoms with Gasteiger partial charge in [-0.15, -0.1) is 29.8 Å². The van der Waals surface area contributed by atoms with E-state index in [2.05, 4.69) is 78.9 Å². The van der Waals surface area contributed by atoms with Crippen molar-refractivity contribution in [1.29, 1.82) is 0 Å². The van der Waals surface area contributed by atoms with Crippen molar-refractivity contribution in [3.05, 3.63) is 109 Å². The summed E-state index contributed by atoms with van der Waals surface area (Å²) in [4.78, 5) is 9.55. The molecule has 31 heavy (non-hydrogen) atoms. The zero-order valence-corrected chi connectivity index (χ0v) is 18.9. The van der Waals surface area contributed by atoms with Gasteiger partial charge in [0.2, 0.25) is 0 Å². The van der Waals surface area contributed by atoms with Crippen LogP contribution in [0.5, 0.6) is 0 Å². The van der Waals surface area contributed by atoms with E-state index >= 15 is 0 Å². The Kier molecular flexibility index (Phi) is 5.07. The minimum atomic E-state index is 0. The van der Waals surface area contributed by atoms with Gasteiger partial charge in [-0.3, -0.25) is 0 Å². The maximum Gasteiger partial charge on any atom is 0.0715 e. The molecule has 2 nitrogen and oxygen atoms in total. The second-order valence-electron chi connectivity index (χ2n) is 7.43. The third-order valence-corrected chi connectivity index (χ3v) is 5.58. The summed E-state index contributed by atoms with van der Waals surface area (Å²) in [6.07, 6.45) is 1.93. The van der Waals surface area contributed by atoms with Crippen molar-refractivity contribution in [3.8, 4) is 22.4 Å². The molecule has 3 heteroatoms. The van der Waals surface area contributed by atoms with Gasteiger partial charge >= 0.3 is 0 Å². The van der Waals surface area contributed by atoms with Crippen molar-refractivity contribution < 1.29 is 20.1 Å². The first-order chi connectivity index (χ1) is 14.9. The predicted molar refractivity (Wildman–Crippen MR) is 124 cm³/mol. The molecule has 0 spiro atoms. The van der Waals surface area contributed by atoms with Crippen LogP contribution in [0.4, 0.5) is 0 Å². The van der Waals surface area contributed by atoms with E-state index in [0.717, 1.165) is 44.0 Å². The monoisotopic (exact) mass is 574 g/mol. The van der Waals surface area contributed by atoms with E-state index in [4.69, 9.17) is 9.97 Å². The second kappa shape index (κ2) is 8.03. The zero-order valence-electron chi connectivity index (χ0n) is 16.5. The Morgan fingerprint density at radius 2 is 1.29 bits per heavy atom. The fourth-order valence-corrected chi connectivity index (χ4v) is 4.15. The molecule has 0 bridgehead atoms. The summed E-state index contributed by atoms with van der Waals surface area (Å²) in [7, 11) is 0. The molecule has 6 rings (SSSR count). The van der Waals surface area contributed by atoms with Gasteiger partial charge in [0.25, 0.3) is 0 Å². The molecule has 0 saturated heterocycles. The van der Waals surface area contributed by atoms with E-state index < -0.39 is 0 Å². The summed E-state index contributed by atoms with van der Waals surface area (Å²) >= 11 is 0. The van der Waals surface area contributed by atoms with Crippen LogP contribution in [0.1, 0.15) is 0 Å². The van der Waals surface area contributed by atoms with Gasteiger partial charge in [-0.2, -0.15) is 0 Å². The van der Waals surface area contributed by atoms with Gasteiger partial charge in [0.15, 0.2) is 0 Å². The zero-order chi connectivity index (χ0) is 19.9. The molecular weight excluding hydrogens is 557 g/mol. The predicted octanol–water partition coefficient (Wildman–Crippen LogP) is 7.07. The Morgan fingerprint density at radius 3 is 2.03 bits per heavy atom. The average molecular weight is 574 g/mol. The number of rotatable bonds is 2. The molecule has 0 aliphatic heterocycles. The van der Waals surface area contributed by atoms with E-state index in [9.17, 15) is 0 Å². The number of fused-ring (bicyclic) bond motifs is 3. The molecule has 0 atom stereocenters. The molecule has 0 amide bonds. The van der Waals surface area contributed by atoms with Gasteiger partial charge in [0, 0.05) is 37.1 Å². The normalized spacial score (nSPS) is 11.0. The van der Waals surface area contributed by atoms with Gasteiger partial charge in [0.05, 0.1) is 11.0 Å². The van der Waals surface area contributed by atoms with E-state index in [0.29, 0.717) is 0 Å². The quantitative estimate of drug-likeness (QED) is 0.164. The maximum atomic E-state index is 4.86. The number of nitrogens with zero attached hydrogens (tertiary/aromatic N) is 2. The van der Waals surface area contributed by atoms with Crippen molar-refractivity contribution in [3.63, 3.8) is 0 Å². The van der Waals surface area contributed by atoms with Gasteiger partial charge in [-0.05, 0) is 34.2 Å². The molecule has 1 radical (unpaired) electrons. The summed E-state index contributed by atoms with van der Waals surface area (Å²) in [5, 5.41) is 4.63. The van der Waals surface area contributed by atoms with Gasteiger partial charge in [-0.1, -0.05) is 72.3 Å². The van der Waals surface area contributed by atoms with Crippen LogP contribution in [0, 0.1) is 6.07 Å². The van der Waals surface area contributed by atoms with Crippen LogP contribution in [0.25, 0.3) is 55.0 Å². The van der Waals surface area contributed by atoms with Crippen LogP contribution in [-0.4, -0.2) is 9.97 Å². The largest absolute Gasteiger partial charge is 0.304 e. The van der Waals surface area contributed by atoms with Crippen LogP contribution >= 0.6 is 0 Å². The molecule has 0 saturated carbocycles. The van der Waals surface area contributed by atoms with E-state index in [1.165, 1.54) is 10.9 Å². The summed E-state index contributed by atoms with van der Waals surface area (Å²) in [5.74, 6) is 0. The van der Waals surface area contributed by atoms with E-state index in [-0.39, 0.29) is 20.1 Å². The fourth-order valence-electron chi connectivity index (χ4n) is 4.15. The van der Waals surface area contributed by atoms with Crippen molar-refractivity contribution in [2.75, 3.05) is 0 Å². The molecule has 0 aliphatic rings. The van der Waals surface area contributed by atoms with Crippen LogP contribution < -0.4 is 0 Å². The Balaban J connectivity index is 0.00000204. The summed E-state index contributed by atoms with van der Waals surface area (Å²) in [6.45, 7) is 0. The number of para-hydroxylation sites is 2. The van der Waals surface area contributed by atoms with Crippen LogP contribution in [0.3, 0.4) is 0 Å². The maximum absolute atomic E-state index is 4.86. The average Bonchev–Trinajstić information content (AvgIpc) is 2.82. The molecule has 0 N–H and O–H groups in total. The third-order valence-electron chi connectivity index (χ3n) is 5.58. The SMILES string of the molecule is [Ir].[c-]1ccc(-c2c3ccccc3nc3ccccc23)cc1-c1cc2ccccc2cn1. The van der Waals surface area contributed by atoms with Gasteiger partial charge < -0.3 is 4.98 Å². The number of hydrogen-bond acceptors (Lipinski definition) is 2. The standard InChI is InChI=1S/C28H17N2.Ir/c1-2-9-22-18-29-27(17-19(22)8-1)20-10-7-11-21(16-20)28-23-12-3-5-14-25(23)30-26-15-6-4-13-24(26)28;/h1-9,11-18H;/q-1;. The fraction of sp³-hybridized carbons (Fsp3) is 0. The first kappa shape index (κ1) is 19.6. The van der Waals surface area contributed by atoms with Gasteiger partial charge in [-0.25, -0.2) is 4.98 Å². The molecular formula is C28H17IrN2-. The Labute approximate surface area is 194 Å². The van der Waals surface area contributed by atoms with Crippen molar-refractivity contribution in [1.82, 2.24) is 9.97 Å². The minimum absolute atomic E-state index is 0. The van der Waals surface area contributed by atoms with Crippen LogP contribution in [0.15, 0.2) is 103 Å². The molecule has 0 fully saturated rings. The third kappa shape index (κ3) is 3.42. The van der Waals surface area contributed by atoms with Gasteiger partial charge in [0.1, 0.15) is 0 Å². The molecule has 2 heterocycles. The minimum Gasteiger partial charge on any atom is -0.304 e. The molecule has 149 valence electrons. The van der Waals surface area contributed by atoms with E-state index in [1.54, 1.807) is 0 Å². The molecule has 4 aromatic carbocycles. The van der Waals surface area contributed by atoms with E-state index in [1.807, 2.05) is 30.5 Å². The smallest absolute Gasteiger partial charge is 0.0715 e.